The second-order valence-corrected chi connectivity index (χ2v) is 5.26. The van der Waals surface area contributed by atoms with Gasteiger partial charge in [-0.25, -0.2) is 4.98 Å². The van der Waals surface area contributed by atoms with Crippen LogP contribution in [0.25, 0.3) is 0 Å². The fourth-order valence-corrected chi connectivity index (χ4v) is 2.11. The van der Waals surface area contributed by atoms with Crippen molar-refractivity contribution in [3.05, 3.63) is 64.7 Å². The average Bonchev–Trinajstić information content (AvgIpc) is 2.46. The van der Waals surface area contributed by atoms with Crippen LogP contribution in [0.2, 0.25) is 5.02 Å². The molecular weight excluding hydrogens is 309 g/mol. The lowest BCUT2D eigenvalue weighted by molar-refractivity contribution is -0.123. The number of nitrogens with zero attached hydrogens (tertiary/aromatic N) is 1. The maximum absolute atomic E-state index is 13.1. The number of hydrogen-bond acceptors (Lipinski definition) is 3. The van der Waals surface area contributed by atoms with Crippen LogP contribution in [-0.4, -0.2) is 16.8 Å². The van der Waals surface area contributed by atoms with Gasteiger partial charge in [0.05, 0.1) is 0 Å². The molecule has 0 saturated carbocycles. The van der Waals surface area contributed by atoms with Gasteiger partial charge >= 0.3 is 0 Å². The van der Waals surface area contributed by atoms with E-state index in [1.807, 2.05) is 0 Å². The van der Waals surface area contributed by atoms with Gasteiger partial charge in [0.2, 0.25) is 11.9 Å². The van der Waals surface area contributed by atoms with E-state index >= 15 is 0 Å². The van der Waals surface area contributed by atoms with Crippen molar-refractivity contribution in [2.24, 2.45) is 5.73 Å². The van der Waals surface area contributed by atoms with Crippen LogP contribution < -0.4 is 11.1 Å². The van der Waals surface area contributed by atoms with E-state index in [0.29, 0.717) is 10.6 Å². The van der Waals surface area contributed by atoms with Crippen LogP contribution in [0.3, 0.4) is 0 Å². The molecule has 2 amide bonds. The summed E-state index contributed by atoms with van der Waals surface area (Å²) in [6.07, 6.45) is 1.16. The summed E-state index contributed by atoms with van der Waals surface area (Å²) in [5, 5.41) is 2.91. The van der Waals surface area contributed by atoms with E-state index in [1.54, 1.807) is 18.2 Å². The van der Waals surface area contributed by atoms with Crippen molar-refractivity contribution in [2.75, 3.05) is 0 Å². The summed E-state index contributed by atoms with van der Waals surface area (Å²) in [6, 6.07) is 8.71. The number of primary amides is 1. The molecule has 114 valence electrons. The smallest absolute Gasteiger partial charge is 0.252 e. The Morgan fingerprint density at radius 3 is 2.64 bits per heavy atom. The maximum atomic E-state index is 13.1. The topological polar surface area (TPSA) is 85.1 Å². The lowest BCUT2D eigenvalue weighted by Gasteiger charge is -2.28. The first-order valence-electron chi connectivity index (χ1n) is 6.33. The molecule has 22 heavy (non-hydrogen) atoms. The van der Waals surface area contributed by atoms with Crippen molar-refractivity contribution in [3.63, 3.8) is 0 Å². The molecule has 0 saturated heterocycles. The number of aromatic nitrogens is 1. The molecule has 3 N–H and O–H groups in total. The quantitative estimate of drug-likeness (QED) is 0.845. The van der Waals surface area contributed by atoms with Gasteiger partial charge in [0.15, 0.2) is 0 Å². The number of benzene rings is 1. The number of halogens is 2. The van der Waals surface area contributed by atoms with Crippen molar-refractivity contribution < 1.29 is 14.0 Å². The van der Waals surface area contributed by atoms with E-state index in [1.165, 1.54) is 19.1 Å². The lowest BCUT2D eigenvalue weighted by atomic mass is 9.91. The molecule has 1 aromatic carbocycles. The molecule has 1 aromatic heterocycles. The Morgan fingerprint density at radius 2 is 2.05 bits per heavy atom. The van der Waals surface area contributed by atoms with Crippen LogP contribution in [0.4, 0.5) is 4.39 Å². The Balaban J connectivity index is 2.37. The minimum Gasteiger partial charge on any atom is -0.367 e. The summed E-state index contributed by atoms with van der Waals surface area (Å²) in [5.74, 6) is -2.21. The highest BCUT2D eigenvalue weighted by atomic mass is 35.5. The van der Waals surface area contributed by atoms with Crippen LogP contribution in [0.1, 0.15) is 22.8 Å². The maximum Gasteiger partial charge on any atom is 0.252 e. The molecular formula is C15H13ClFN3O2. The van der Waals surface area contributed by atoms with Crippen molar-refractivity contribution in [1.82, 2.24) is 10.3 Å². The van der Waals surface area contributed by atoms with Gasteiger partial charge in [-0.1, -0.05) is 23.7 Å². The molecule has 0 radical (unpaired) electrons. The first-order valence-corrected chi connectivity index (χ1v) is 6.71. The van der Waals surface area contributed by atoms with Crippen LogP contribution in [0, 0.1) is 5.95 Å². The monoisotopic (exact) mass is 321 g/mol. The third kappa shape index (κ3) is 3.23. The SMILES string of the molecule is CC(NC(=O)c1ccnc(F)c1)(C(N)=O)c1cccc(Cl)c1. The first-order chi connectivity index (χ1) is 10.3. The van der Waals surface area contributed by atoms with Gasteiger partial charge in [0.25, 0.3) is 5.91 Å². The minimum atomic E-state index is -1.48. The summed E-state index contributed by atoms with van der Waals surface area (Å²) < 4.78 is 13.1. The van der Waals surface area contributed by atoms with Crippen molar-refractivity contribution in [1.29, 1.82) is 0 Å². The Labute approximate surface area is 131 Å². The number of amides is 2. The molecule has 2 rings (SSSR count). The number of nitrogens with two attached hydrogens (primary N) is 1. The highest BCUT2D eigenvalue weighted by Crippen LogP contribution is 2.24. The highest BCUT2D eigenvalue weighted by molar-refractivity contribution is 6.30. The fourth-order valence-electron chi connectivity index (χ4n) is 1.92. The standard InChI is InChI=1S/C15H13ClFN3O2/c1-15(14(18)22,10-3-2-4-11(16)8-10)20-13(21)9-5-6-19-12(17)7-9/h2-8H,1H3,(H2,18,22)(H,20,21). The Morgan fingerprint density at radius 1 is 1.32 bits per heavy atom. The molecule has 0 fully saturated rings. The summed E-state index contributed by atoms with van der Waals surface area (Å²) in [4.78, 5) is 27.4. The Bertz CT molecular complexity index is 738. The van der Waals surface area contributed by atoms with Crippen LogP contribution >= 0.6 is 11.6 Å². The van der Waals surface area contributed by atoms with E-state index in [-0.39, 0.29) is 5.56 Å². The number of carbonyl (C=O) groups excluding carboxylic acids is 2. The number of nitrogens with one attached hydrogen (secondary N) is 1. The van der Waals surface area contributed by atoms with Gasteiger partial charge in [0, 0.05) is 22.8 Å². The molecule has 0 bridgehead atoms. The molecule has 7 heteroatoms. The lowest BCUT2D eigenvalue weighted by Crippen LogP contribution is -2.52. The van der Waals surface area contributed by atoms with Crippen molar-refractivity contribution >= 4 is 23.4 Å². The molecule has 5 nitrogen and oxygen atoms in total. The molecule has 1 heterocycles. The van der Waals surface area contributed by atoms with Gasteiger partial charge in [0.1, 0.15) is 5.54 Å². The zero-order valence-corrected chi connectivity index (χ0v) is 12.4. The number of carbonyl (C=O) groups is 2. The molecule has 1 unspecified atom stereocenters. The third-order valence-electron chi connectivity index (χ3n) is 3.25. The van der Waals surface area contributed by atoms with E-state index in [0.717, 1.165) is 12.3 Å². The second-order valence-electron chi connectivity index (χ2n) is 4.82. The third-order valence-corrected chi connectivity index (χ3v) is 3.48. The van der Waals surface area contributed by atoms with E-state index < -0.39 is 23.3 Å². The van der Waals surface area contributed by atoms with Gasteiger partial charge in [-0.2, -0.15) is 4.39 Å². The van der Waals surface area contributed by atoms with E-state index in [4.69, 9.17) is 17.3 Å². The van der Waals surface area contributed by atoms with Crippen LogP contribution in [0.15, 0.2) is 42.6 Å². The molecule has 2 aromatic rings. The molecule has 0 aliphatic rings. The summed E-state index contributed by atoms with van der Waals surface area (Å²) in [5.41, 5.74) is 4.40. The molecule has 0 aliphatic heterocycles. The van der Waals surface area contributed by atoms with Gasteiger partial charge in [-0.05, 0) is 30.7 Å². The number of pyridine rings is 1. The number of rotatable bonds is 4. The summed E-state index contributed by atoms with van der Waals surface area (Å²) >= 11 is 5.91. The highest BCUT2D eigenvalue weighted by Gasteiger charge is 2.35. The first kappa shape index (κ1) is 15.9. The zero-order chi connectivity index (χ0) is 16.3. The summed E-state index contributed by atoms with van der Waals surface area (Å²) in [7, 11) is 0. The second kappa shape index (κ2) is 6.11. The van der Waals surface area contributed by atoms with E-state index in [9.17, 15) is 14.0 Å². The van der Waals surface area contributed by atoms with Crippen LogP contribution in [0.5, 0.6) is 0 Å². The number of hydrogen-bond donors (Lipinski definition) is 2. The molecule has 0 aliphatic carbocycles. The Hall–Kier alpha value is -2.47. The zero-order valence-electron chi connectivity index (χ0n) is 11.6. The molecule has 0 spiro atoms. The van der Waals surface area contributed by atoms with Crippen LogP contribution in [-0.2, 0) is 10.3 Å². The van der Waals surface area contributed by atoms with Gasteiger partial charge in [-0.3, -0.25) is 9.59 Å². The largest absolute Gasteiger partial charge is 0.367 e. The summed E-state index contributed by atoms with van der Waals surface area (Å²) in [6.45, 7) is 1.45. The van der Waals surface area contributed by atoms with Crippen molar-refractivity contribution in [3.8, 4) is 0 Å². The predicted octanol–water partition coefficient (Wildman–Crippen LogP) is 2.00. The van der Waals surface area contributed by atoms with E-state index in [2.05, 4.69) is 10.3 Å². The van der Waals surface area contributed by atoms with Crippen molar-refractivity contribution in [2.45, 2.75) is 12.5 Å². The Kier molecular flexibility index (Phi) is 4.42. The molecule has 1 atom stereocenters. The van der Waals surface area contributed by atoms with Gasteiger partial charge < -0.3 is 11.1 Å². The minimum absolute atomic E-state index is 0.0296. The van der Waals surface area contributed by atoms with Gasteiger partial charge in [-0.15, -0.1) is 0 Å². The fraction of sp³-hybridized carbons (Fsp3) is 0.133. The normalized spacial score (nSPS) is 13.2. The predicted molar refractivity (Wildman–Crippen MR) is 79.7 cm³/mol. The average molecular weight is 322 g/mol.